The highest BCUT2D eigenvalue weighted by molar-refractivity contribution is 5.51. The van der Waals surface area contributed by atoms with E-state index in [1.54, 1.807) is 0 Å². The summed E-state index contributed by atoms with van der Waals surface area (Å²) in [7, 11) is 0. The molecule has 0 saturated heterocycles. The van der Waals surface area contributed by atoms with Gasteiger partial charge in [0.15, 0.2) is 0 Å². The number of halogens is 4. The minimum absolute atomic E-state index is 0.0157. The Labute approximate surface area is 144 Å². The van der Waals surface area contributed by atoms with E-state index in [1.807, 2.05) is 0 Å². The number of hydrogen-bond acceptors (Lipinski definition) is 4. The lowest BCUT2D eigenvalue weighted by molar-refractivity contribution is -0.137. The number of aliphatic hydroxyl groups is 1. The average molecular weight is 368 g/mol. The van der Waals surface area contributed by atoms with Crippen LogP contribution in [0.5, 0.6) is 0 Å². The molecule has 5 nitrogen and oxygen atoms in total. The molecule has 0 aliphatic heterocycles. The van der Waals surface area contributed by atoms with Gasteiger partial charge in [-0.05, 0) is 42.0 Å². The Morgan fingerprint density at radius 2 is 1.85 bits per heavy atom. The molecule has 0 aliphatic rings. The first-order chi connectivity index (χ1) is 12.2. The molecule has 1 N–H and O–H groups in total. The highest BCUT2D eigenvalue weighted by atomic mass is 19.4. The molecule has 0 amide bonds. The Morgan fingerprint density at radius 1 is 1.15 bits per heavy atom. The van der Waals surface area contributed by atoms with Crippen LogP contribution in [0.3, 0.4) is 0 Å². The van der Waals surface area contributed by atoms with E-state index < -0.39 is 36.0 Å². The molecule has 1 heterocycles. The van der Waals surface area contributed by atoms with Gasteiger partial charge < -0.3 is 9.52 Å². The molecule has 0 spiro atoms. The molecule has 0 radical (unpaired) electrons. The van der Waals surface area contributed by atoms with Crippen molar-refractivity contribution in [2.75, 3.05) is 0 Å². The van der Waals surface area contributed by atoms with Crippen molar-refractivity contribution in [1.82, 2.24) is 9.78 Å². The fourth-order valence-electron chi connectivity index (χ4n) is 2.32. The van der Waals surface area contributed by atoms with E-state index in [0.717, 1.165) is 35.0 Å². The zero-order valence-electron chi connectivity index (χ0n) is 13.1. The first kappa shape index (κ1) is 17.9. The van der Waals surface area contributed by atoms with Crippen LogP contribution in [-0.2, 0) is 12.7 Å². The van der Waals surface area contributed by atoms with Crippen molar-refractivity contribution < 1.29 is 27.1 Å². The van der Waals surface area contributed by atoms with Gasteiger partial charge in [0, 0.05) is 5.56 Å². The molecule has 3 aromatic rings. The Balaban J connectivity index is 1.83. The summed E-state index contributed by atoms with van der Waals surface area (Å²) < 4.78 is 56.9. The number of hydrogen-bond donors (Lipinski definition) is 1. The molecule has 136 valence electrons. The fourth-order valence-corrected chi connectivity index (χ4v) is 2.32. The molecular formula is C17H12F4N2O3. The molecule has 1 atom stereocenters. The Bertz CT molecular complexity index is 961. The van der Waals surface area contributed by atoms with Crippen LogP contribution >= 0.6 is 0 Å². The van der Waals surface area contributed by atoms with Crippen LogP contribution in [0, 0.1) is 5.82 Å². The minimum atomic E-state index is -4.55. The lowest BCUT2D eigenvalue weighted by atomic mass is 10.1. The average Bonchev–Trinajstić information content (AvgIpc) is 2.95. The topological polar surface area (TPSA) is 68.3 Å². The summed E-state index contributed by atoms with van der Waals surface area (Å²) in [5.41, 5.74) is -0.581. The van der Waals surface area contributed by atoms with E-state index in [-0.39, 0.29) is 11.5 Å². The second-order valence-electron chi connectivity index (χ2n) is 5.50. The summed E-state index contributed by atoms with van der Waals surface area (Å²) in [5.74, 6) is -1.46. The van der Waals surface area contributed by atoms with Gasteiger partial charge in [-0.15, -0.1) is 5.10 Å². The van der Waals surface area contributed by atoms with Crippen LogP contribution in [0.4, 0.5) is 17.6 Å². The predicted molar refractivity (Wildman–Crippen MR) is 82.6 cm³/mol. The predicted octanol–water partition coefficient (Wildman–Crippen LogP) is 3.39. The van der Waals surface area contributed by atoms with Gasteiger partial charge in [-0.1, -0.05) is 12.1 Å². The number of aliphatic hydroxyl groups excluding tert-OH is 1. The van der Waals surface area contributed by atoms with Crippen molar-refractivity contribution >= 4 is 0 Å². The molecule has 9 heteroatoms. The summed E-state index contributed by atoms with van der Waals surface area (Å²) >= 11 is 0. The maximum absolute atomic E-state index is 12.9. The first-order valence-corrected chi connectivity index (χ1v) is 7.43. The van der Waals surface area contributed by atoms with Crippen molar-refractivity contribution in [2.45, 2.75) is 18.8 Å². The lowest BCUT2D eigenvalue weighted by Gasteiger charge is -2.13. The molecule has 1 unspecified atom stereocenters. The SMILES string of the molecule is O=c1oc(-c2ccc(F)cc2)nn1CC(O)c1cccc(C(F)(F)F)c1. The maximum atomic E-state index is 12.9. The van der Waals surface area contributed by atoms with Gasteiger partial charge in [0.05, 0.1) is 18.2 Å². The summed E-state index contributed by atoms with van der Waals surface area (Å²) in [6.45, 7) is -0.398. The normalized spacial score (nSPS) is 13.0. The van der Waals surface area contributed by atoms with E-state index in [1.165, 1.54) is 18.2 Å². The van der Waals surface area contributed by atoms with Crippen molar-refractivity contribution in [2.24, 2.45) is 0 Å². The van der Waals surface area contributed by atoms with Crippen molar-refractivity contribution in [3.63, 3.8) is 0 Å². The summed E-state index contributed by atoms with van der Waals surface area (Å²) in [4.78, 5) is 11.8. The lowest BCUT2D eigenvalue weighted by Crippen LogP contribution is -2.20. The fraction of sp³-hybridized carbons (Fsp3) is 0.176. The molecule has 0 aliphatic carbocycles. The van der Waals surface area contributed by atoms with Crippen molar-refractivity contribution in [3.8, 4) is 11.5 Å². The van der Waals surface area contributed by atoms with Gasteiger partial charge in [-0.3, -0.25) is 0 Å². The van der Waals surface area contributed by atoms with E-state index in [4.69, 9.17) is 4.42 Å². The van der Waals surface area contributed by atoms with Gasteiger partial charge in [0.25, 0.3) is 0 Å². The smallest absolute Gasteiger partial charge is 0.388 e. The van der Waals surface area contributed by atoms with E-state index in [9.17, 15) is 27.5 Å². The molecule has 0 bridgehead atoms. The van der Waals surface area contributed by atoms with Crippen molar-refractivity contribution in [3.05, 3.63) is 76.0 Å². The van der Waals surface area contributed by atoms with Crippen LogP contribution in [0.2, 0.25) is 0 Å². The second-order valence-corrected chi connectivity index (χ2v) is 5.50. The monoisotopic (exact) mass is 368 g/mol. The third kappa shape index (κ3) is 3.83. The summed E-state index contributed by atoms with van der Waals surface area (Å²) in [6, 6.07) is 9.19. The third-order valence-electron chi connectivity index (χ3n) is 3.64. The molecule has 3 rings (SSSR count). The standard InChI is InChI=1S/C17H12F4N2O3/c18-13-6-4-10(5-7-13)15-22-23(16(25)26-15)9-14(24)11-2-1-3-12(8-11)17(19,20)21/h1-8,14,24H,9H2. The van der Waals surface area contributed by atoms with Crippen LogP contribution < -0.4 is 5.76 Å². The summed E-state index contributed by atoms with van der Waals surface area (Å²) in [6.07, 6.45) is -5.95. The highest BCUT2D eigenvalue weighted by Gasteiger charge is 2.31. The largest absolute Gasteiger partial charge is 0.437 e. The van der Waals surface area contributed by atoms with Gasteiger partial charge in [0.1, 0.15) is 5.82 Å². The third-order valence-corrected chi connectivity index (χ3v) is 3.64. The molecule has 0 fully saturated rings. The zero-order valence-corrected chi connectivity index (χ0v) is 13.1. The van der Waals surface area contributed by atoms with Crippen molar-refractivity contribution in [1.29, 1.82) is 0 Å². The van der Waals surface area contributed by atoms with E-state index in [2.05, 4.69) is 5.10 Å². The Hall–Kier alpha value is -2.94. The minimum Gasteiger partial charge on any atom is -0.388 e. The van der Waals surface area contributed by atoms with Crippen LogP contribution in [0.15, 0.2) is 57.7 Å². The number of nitrogens with zero attached hydrogens (tertiary/aromatic N) is 2. The molecule has 0 saturated carbocycles. The second kappa shape index (κ2) is 6.75. The Kier molecular flexibility index (Phi) is 4.64. The maximum Gasteiger partial charge on any atom is 0.437 e. The van der Waals surface area contributed by atoms with Gasteiger partial charge >= 0.3 is 11.9 Å². The molecular weight excluding hydrogens is 356 g/mol. The van der Waals surface area contributed by atoms with Crippen LogP contribution in [0.25, 0.3) is 11.5 Å². The van der Waals surface area contributed by atoms with Gasteiger partial charge in [-0.25, -0.2) is 9.18 Å². The Morgan fingerprint density at radius 3 is 2.50 bits per heavy atom. The number of aromatic nitrogens is 2. The molecule has 2 aromatic carbocycles. The highest BCUT2D eigenvalue weighted by Crippen LogP contribution is 2.31. The summed E-state index contributed by atoms with van der Waals surface area (Å²) in [5, 5.41) is 14.0. The zero-order chi connectivity index (χ0) is 18.9. The van der Waals surface area contributed by atoms with Crippen LogP contribution in [0.1, 0.15) is 17.2 Å². The van der Waals surface area contributed by atoms with Crippen LogP contribution in [-0.4, -0.2) is 14.9 Å². The number of benzene rings is 2. The first-order valence-electron chi connectivity index (χ1n) is 7.43. The number of alkyl halides is 3. The van der Waals surface area contributed by atoms with E-state index >= 15 is 0 Å². The van der Waals surface area contributed by atoms with Gasteiger partial charge in [-0.2, -0.15) is 17.9 Å². The quantitative estimate of drug-likeness (QED) is 0.717. The molecule has 1 aromatic heterocycles. The number of rotatable bonds is 4. The van der Waals surface area contributed by atoms with E-state index in [0.29, 0.717) is 5.56 Å². The van der Waals surface area contributed by atoms with Gasteiger partial charge in [0.2, 0.25) is 5.89 Å². The molecule has 26 heavy (non-hydrogen) atoms.